The molecular weight excluding hydrogens is 386 g/mol. The first kappa shape index (κ1) is 22.0. The van der Waals surface area contributed by atoms with Gasteiger partial charge in [-0.1, -0.05) is 31.2 Å². The van der Waals surface area contributed by atoms with Crippen molar-refractivity contribution in [3.8, 4) is 0 Å². The van der Waals surface area contributed by atoms with Crippen LogP contribution in [0.5, 0.6) is 0 Å². The lowest BCUT2D eigenvalue weighted by Crippen LogP contribution is -2.46. The van der Waals surface area contributed by atoms with Crippen molar-refractivity contribution in [3.63, 3.8) is 0 Å². The highest BCUT2D eigenvalue weighted by Crippen LogP contribution is 2.49. The lowest BCUT2D eigenvalue weighted by Gasteiger charge is -2.43. The fraction of sp³-hybridized carbons (Fsp3) is 0.640. The highest BCUT2D eigenvalue weighted by molar-refractivity contribution is 5.79. The molecule has 0 aliphatic carbocycles. The number of hydrogen-bond donors (Lipinski definition) is 0. The number of carbonyl (C=O) groups excluding carboxylic acids is 1. The van der Waals surface area contributed by atoms with Gasteiger partial charge < -0.3 is 14.4 Å². The maximum absolute atomic E-state index is 13.4. The zero-order valence-electron chi connectivity index (χ0n) is 19.5. The fourth-order valence-electron chi connectivity index (χ4n) is 5.54. The summed E-state index contributed by atoms with van der Waals surface area (Å²) in [5, 5.41) is 8.83. The molecule has 1 amide bonds. The molecule has 0 radical (unpaired) electrons. The van der Waals surface area contributed by atoms with Crippen molar-refractivity contribution in [2.24, 2.45) is 5.41 Å². The molecule has 1 aromatic heterocycles. The lowest BCUT2D eigenvalue weighted by atomic mass is 9.70. The summed E-state index contributed by atoms with van der Waals surface area (Å²) in [6.07, 6.45) is 5.64. The van der Waals surface area contributed by atoms with Gasteiger partial charge in [0.25, 0.3) is 0 Å². The van der Waals surface area contributed by atoms with Crippen molar-refractivity contribution in [1.82, 2.24) is 24.6 Å². The number of rotatable bonds is 6. The number of nitrogens with zero attached hydrogens (tertiary/aromatic N) is 5. The van der Waals surface area contributed by atoms with Crippen molar-refractivity contribution in [1.29, 1.82) is 0 Å². The molecule has 0 saturated carbocycles. The van der Waals surface area contributed by atoms with Gasteiger partial charge in [0.1, 0.15) is 12.2 Å². The molecule has 3 heterocycles. The molecule has 1 unspecified atom stereocenters. The zero-order valence-corrected chi connectivity index (χ0v) is 19.5. The Balaban J connectivity index is 1.58. The average molecular weight is 424 g/mol. The van der Waals surface area contributed by atoms with Gasteiger partial charge in [0, 0.05) is 37.0 Å². The fourth-order valence-corrected chi connectivity index (χ4v) is 5.54. The number of hydrogen-bond acceptors (Lipinski definition) is 4. The van der Waals surface area contributed by atoms with E-state index >= 15 is 0 Å². The van der Waals surface area contributed by atoms with Crippen LogP contribution in [0.25, 0.3) is 0 Å². The van der Waals surface area contributed by atoms with Crippen LogP contribution in [0.3, 0.4) is 0 Å². The van der Waals surface area contributed by atoms with Gasteiger partial charge in [-0.15, -0.1) is 10.2 Å². The Morgan fingerprint density at radius 1 is 1.23 bits per heavy atom. The summed E-state index contributed by atoms with van der Waals surface area (Å²) in [5.41, 5.74) is 2.42. The Morgan fingerprint density at radius 2 is 1.97 bits per heavy atom. The van der Waals surface area contributed by atoms with Crippen LogP contribution in [0, 0.1) is 12.3 Å². The number of piperidine rings is 1. The molecule has 1 aromatic carbocycles. The second kappa shape index (κ2) is 9.11. The largest absolute Gasteiger partial charge is 0.341 e. The Labute approximate surface area is 186 Å². The molecule has 2 fully saturated rings. The van der Waals surface area contributed by atoms with E-state index < -0.39 is 0 Å². The third kappa shape index (κ3) is 4.40. The molecular formula is C25H37N5O. The number of benzene rings is 1. The monoisotopic (exact) mass is 423 g/mol. The Kier molecular flexibility index (Phi) is 6.47. The van der Waals surface area contributed by atoms with Gasteiger partial charge in [0.2, 0.25) is 5.91 Å². The third-order valence-electron chi connectivity index (χ3n) is 7.55. The molecule has 2 aromatic rings. The standard InChI is InChI=1S/C25H37N5O/c1-5-12-29-18-26-27-24(29)22-16-30(23(31)15-21-9-7-6-8-20(21)4)17-25(22)10-13-28(14-11-25)19(2)3/h6-9,18-19,22H,5,10-17H2,1-4H3. The van der Waals surface area contributed by atoms with E-state index in [9.17, 15) is 4.79 Å². The summed E-state index contributed by atoms with van der Waals surface area (Å²) in [4.78, 5) is 18.0. The van der Waals surface area contributed by atoms with Crippen LogP contribution in [0.2, 0.25) is 0 Å². The van der Waals surface area contributed by atoms with Crippen molar-refractivity contribution in [2.75, 3.05) is 26.2 Å². The highest BCUT2D eigenvalue weighted by Gasteiger charge is 2.51. The molecule has 4 rings (SSSR count). The molecule has 6 heteroatoms. The molecule has 0 bridgehead atoms. The van der Waals surface area contributed by atoms with Gasteiger partial charge in [-0.3, -0.25) is 4.79 Å². The number of aromatic nitrogens is 3. The van der Waals surface area contributed by atoms with Gasteiger partial charge >= 0.3 is 0 Å². The van der Waals surface area contributed by atoms with E-state index in [4.69, 9.17) is 0 Å². The SMILES string of the molecule is CCCn1cnnc1C1CN(C(=O)Cc2ccccc2C)CC12CCN(C(C)C)CC2. The van der Waals surface area contributed by atoms with Gasteiger partial charge in [-0.25, -0.2) is 0 Å². The van der Waals surface area contributed by atoms with Crippen molar-refractivity contribution in [3.05, 3.63) is 47.5 Å². The van der Waals surface area contributed by atoms with Crippen LogP contribution in [-0.2, 0) is 17.8 Å². The molecule has 168 valence electrons. The van der Waals surface area contributed by atoms with E-state index in [-0.39, 0.29) is 17.2 Å². The van der Waals surface area contributed by atoms with Gasteiger partial charge in [-0.05, 0) is 64.3 Å². The van der Waals surface area contributed by atoms with E-state index in [1.54, 1.807) is 0 Å². The predicted molar refractivity (Wildman–Crippen MR) is 123 cm³/mol. The molecule has 2 aliphatic rings. The second-order valence-electron chi connectivity index (χ2n) is 9.80. The number of carbonyl (C=O) groups is 1. The minimum Gasteiger partial charge on any atom is -0.341 e. The average Bonchev–Trinajstić information content (AvgIpc) is 3.35. The molecule has 31 heavy (non-hydrogen) atoms. The van der Waals surface area contributed by atoms with Crippen LogP contribution in [0.1, 0.15) is 62.9 Å². The Bertz CT molecular complexity index is 897. The molecule has 2 saturated heterocycles. The van der Waals surface area contributed by atoms with Crippen LogP contribution in [-0.4, -0.2) is 62.7 Å². The molecule has 1 atom stereocenters. The van der Waals surface area contributed by atoms with Crippen molar-refractivity contribution in [2.45, 2.75) is 71.9 Å². The first-order chi connectivity index (χ1) is 14.9. The molecule has 2 aliphatic heterocycles. The summed E-state index contributed by atoms with van der Waals surface area (Å²) >= 11 is 0. The van der Waals surface area contributed by atoms with E-state index in [0.29, 0.717) is 12.5 Å². The molecule has 0 N–H and O–H groups in total. The lowest BCUT2D eigenvalue weighted by molar-refractivity contribution is -0.130. The number of amides is 1. The summed E-state index contributed by atoms with van der Waals surface area (Å²) in [5.74, 6) is 1.58. The van der Waals surface area contributed by atoms with Crippen molar-refractivity contribution >= 4 is 5.91 Å². The quantitative estimate of drug-likeness (QED) is 0.712. The van der Waals surface area contributed by atoms with Crippen LogP contribution in [0.4, 0.5) is 0 Å². The minimum absolute atomic E-state index is 0.102. The van der Waals surface area contributed by atoms with Crippen LogP contribution >= 0.6 is 0 Å². The Morgan fingerprint density at radius 3 is 2.65 bits per heavy atom. The Hall–Kier alpha value is -2.21. The number of likely N-dealkylation sites (tertiary alicyclic amines) is 2. The predicted octanol–water partition coefficient (Wildman–Crippen LogP) is 3.66. The van der Waals surface area contributed by atoms with Crippen LogP contribution in [0.15, 0.2) is 30.6 Å². The highest BCUT2D eigenvalue weighted by atomic mass is 16.2. The van der Waals surface area contributed by atoms with Crippen LogP contribution < -0.4 is 0 Å². The summed E-state index contributed by atoms with van der Waals surface area (Å²) in [6, 6.07) is 8.80. The smallest absolute Gasteiger partial charge is 0.227 e. The second-order valence-corrected chi connectivity index (χ2v) is 9.80. The molecule has 6 nitrogen and oxygen atoms in total. The maximum atomic E-state index is 13.4. The van der Waals surface area contributed by atoms with Crippen molar-refractivity contribution < 1.29 is 4.79 Å². The normalized spacial score (nSPS) is 21.3. The van der Waals surface area contributed by atoms with E-state index in [2.05, 4.69) is 64.4 Å². The first-order valence-electron chi connectivity index (χ1n) is 11.9. The molecule has 1 spiro atoms. The topological polar surface area (TPSA) is 54.3 Å². The van der Waals surface area contributed by atoms with E-state index in [1.165, 1.54) is 5.56 Å². The number of aryl methyl sites for hydroxylation is 2. The van der Waals surface area contributed by atoms with Gasteiger partial charge in [0.15, 0.2) is 0 Å². The summed E-state index contributed by atoms with van der Waals surface area (Å²) in [7, 11) is 0. The van der Waals surface area contributed by atoms with Gasteiger partial charge in [-0.2, -0.15) is 0 Å². The summed E-state index contributed by atoms with van der Waals surface area (Å²) in [6.45, 7) is 13.6. The third-order valence-corrected chi connectivity index (χ3v) is 7.55. The zero-order chi connectivity index (χ0) is 22.0. The summed E-state index contributed by atoms with van der Waals surface area (Å²) < 4.78 is 2.22. The maximum Gasteiger partial charge on any atom is 0.227 e. The first-order valence-corrected chi connectivity index (χ1v) is 11.9. The van der Waals surface area contributed by atoms with E-state index in [1.807, 2.05) is 18.5 Å². The minimum atomic E-state index is 0.102. The van der Waals surface area contributed by atoms with E-state index in [0.717, 1.165) is 63.4 Å². The van der Waals surface area contributed by atoms with Gasteiger partial charge in [0.05, 0.1) is 6.42 Å².